The minimum Gasteiger partial charge on any atom is -0.494 e. The van der Waals surface area contributed by atoms with Gasteiger partial charge in [-0.1, -0.05) is 54.6 Å². The first-order valence-corrected chi connectivity index (χ1v) is 13.1. The molecule has 0 bridgehead atoms. The van der Waals surface area contributed by atoms with Gasteiger partial charge < -0.3 is 20.0 Å². The van der Waals surface area contributed by atoms with Crippen LogP contribution in [0.1, 0.15) is 36.8 Å². The molecule has 2 atom stereocenters. The van der Waals surface area contributed by atoms with E-state index in [0.29, 0.717) is 37.9 Å². The van der Waals surface area contributed by atoms with Gasteiger partial charge in [0, 0.05) is 23.5 Å². The molecule has 0 spiro atoms. The molecule has 0 radical (unpaired) electrons. The quantitative estimate of drug-likeness (QED) is 0.155. The Hall–Kier alpha value is -4.78. The maximum absolute atomic E-state index is 12.9. The van der Waals surface area contributed by atoms with Crippen molar-refractivity contribution in [2.24, 2.45) is 11.7 Å². The van der Waals surface area contributed by atoms with E-state index in [1.54, 1.807) is 36.7 Å². The second-order valence-corrected chi connectivity index (χ2v) is 9.29. The third-order valence-corrected chi connectivity index (χ3v) is 6.67. The molecule has 204 valence electrons. The molecule has 8 nitrogen and oxygen atoms in total. The first-order valence-electron chi connectivity index (χ1n) is 13.1. The summed E-state index contributed by atoms with van der Waals surface area (Å²) in [7, 11) is 0. The van der Waals surface area contributed by atoms with Crippen molar-refractivity contribution in [3.63, 3.8) is 0 Å². The van der Waals surface area contributed by atoms with E-state index in [2.05, 4.69) is 9.97 Å². The normalized spacial score (nSPS) is 13.3. The summed E-state index contributed by atoms with van der Waals surface area (Å²) < 4.78 is 11.3. The number of oxazole rings is 1. The van der Waals surface area contributed by atoms with Crippen LogP contribution in [0, 0.1) is 5.92 Å². The van der Waals surface area contributed by atoms with Crippen LogP contribution in [0.5, 0.6) is 5.75 Å². The molecule has 0 aliphatic heterocycles. The summed E-state index contributed by atoms with van der Waals surface area (Å²) >= 11 is 0. The fourth-order valence-electron chi connectivity index (χ4n) is 4.65. The van der Waals surface area contributed by atoms with Gasteiger partial charge in [-0.2, -0.15) is 0 Å². The Morgan fingerprint density at radius 3 is 2.58 bits per heavy atom. The van der Waals surface area contributed by atoms with Crippen LogP contribution >= 0.6 is 0 Å². The Labute approximate surface area is 232 Å². The minimum atomic E-state index is -2.15. The Kier molecular flexibility index (Phi) is 9.77. The molecule has 8 heteroatoms. The molecule has 4 aromatic rings. The number of pyridine rings is 1. The van der Waals surface area contributed by atoms with Gasteiger partial charge in [0.1, 0.15) is 18.0 Å². The number of ether oxygens (including phenoxy) is 1. The molecular weight excluding hydrogens is 506 g/mol. The third kappa shape index (κ3) is 6.80. The molecule has 40 heavy (non-hydrogen) atoms. The number of allylic oxidation sites excluding steroid dienone is 1. The zero-order valence-electron chi connectivity index (χ0n) is 22.0. The van der Waals surface area contributed by atoms with Crippen LogP contribution < -0.4 is 10.5 Å². The molecule has 4 rings (SSSR count). The van der Waals surface area contributed by atoms with Gasteiger partial charge in [-0.15, -0.1) is 0 Å². The minimum absolute atomic E-state index is 0.0428. The number of nitrogens with zero attached hydrogens (tertiary/aromatic N) is 2. The van der Waals surface area contributed by atoms with Crippen molar-refractivity contribution in [3.8, 4) is 17.2 Å². The van der Waals surface area contributed by atoms with Crippen molar-refractivity contribution >= 4 is 18.0 Å². The fourth-order valence-corrected chi connectivity index (χ4v) is 4.65. The molecule has 0 saturated heterocycles. The maximum Gasteiger partial charge on any atom is 0.333 e. The van der Waals surface area contributed by atoms with Crippen LogP contribution in [0.15, 0.2) is 108 Å². The van der Waals surface area contributed by atoms with E-state index in [0.717, 1.165) is 11.3 Å². The number of aliphatic carboxylic acids is 1. The van der Waals surface area contributed by atoms with Crippen LogP contribution in [-0.4, -0.2) is 33.6 Å². The van der Waals surface area contributed by atoms with Gasteiger partial charge in [-0.05, 0) is 61.4 Å². The molecule has 0 saturated carbocycles. The van der Waals surface area contributed by atoms with E-state index in [1.165, 1.54) is 12.5 Å². The second-order valence-electron chi connectivity index (χ2n) is 9.29. The van der Waals surface area contributed by atoms with E-state index in [-0.39, 0.29) is 17.0 Å². The molecule has 0 amide bonds. The van der Waals surface area contributed by atoms with E-state index in [1.807, 2.05) is 60.6 Å². The number of aromatic nitrogens is 2. The number of carboxylic acid groups (broad SMARTS) is 1. The molecule has 2 heterocycles. The lowest BCUT2D eigenvalue weighted by Crippen LogP contribution is -2.49. The van der Waals surface area contributed by atoms with Gasteiger partial charge in [0.15, 0.2) is 5.54 Å². The molecule has 2 aromatic carbocycles. The van der Waals surface area contributed by atoms with Crippen molar-refractivity contribution in [3.05, 3.63) is 114 Å². The Morgan fingerprint density at radius 2 is 1.88 bits per heavy atom. The number of carbonyl (C=O) groups is 1. The first kappa shape index (κ1) is 28.2. The predicted molar refractivity (Wildman–Crippen MR) is 152 cm³/mol. The molecule has 0 aliphatic carbocycles. The second kappa shape index (κ2) is 13.8. The van der Waals surface area contributed by atoms with Crippen LogP contribution in [0.2, 0.25) is 0 Å². The summed E-state index contributed by atoms with van der Waals surface area (Å²) in [5.74, 6) is 1.07. The number of benzene rings is 2. The van der Waals surface area contributed by atoms with Gasteiger partial charge >= 0.3 is 5.97 Å². The van der Waals surface area contributed by atoms with E-state index in [9.17, 15) is 14.7 Å². The highest BCUT2D eigenvalue weighted by atomic mass is 16.5. The third-order valence-electron chi connectivity index (χ3n) is 6.67. The average Bonchev–Trinajstić information content (AvgIpc) is 3.53. The number of carboxylic acids is 1. The lowest BCUT2D eigenvalue weighted by Gasteiger charge is -2.32. The van der Waals surface area contributed by atoms with Crippen LogP contribution in [0.4, 0.5) is 0 Å². The lowest BCUT2D eigenvalue weighted by atomic mass is 9.73. The average molecular weight is 538 g/mol. The van der Waals surface area contributed by atoms with E-state index < -0.39 is 17.4 Å². The molecular formula is C32H31N3O5. The number of hydrogen-bond acceptors (Lipinski definition) is 7. The van der Waals surface area contributed by atoms with Crippen LogP contribution in [0.3, 0.4) is 0 Å². The smallest absolute Gasteiger partial charge is 0.333 e. The first-order chi connectivity index (χ1) is 19.5. The van der Waals surface area contributed by atoms with Crippen molar-refractivity contribution in [2.75, 3.05) is 6.61 Å². The Morgan fingerprint density at radius 1 is 1.07 bits per heavy atom. The maximum atomic E-state index is 12.9. The zero-order valence-corrected chi connectivity index (χ0v) is 22.0. The number of nitrogens with two attached hydrogens (primary N) is 1. The monoisotopic (exact) mass is 537 g/mol. The number of rotatable bonds is 14. The van der Waals surface area contributed by atoms with Crippen LogP contribution in [-0.2, 0) is 15.1 Å². The predicted octanol–water partition coefficient (Wildman–Crippen LogP) is 5.70. The van der Waals surface area contributed by atoms with Gasteiger partial charge in [0.2, 0.25) is 5.89 Å². The van der Waals surface area contributed by atoms with Crippen molar-refractivity contribution in [1.29, 1.82) is 0 Å². The summed E-state index contributed by atoms with van der Waals surface area (Å²) in [6.45, 7) is 0.488. The number of unbranched alkanes of at least 4 members (excludes halogenated alkanes) is 1. The van der Waals surface area contributed by atoms with Crippen molar-refractivity contribution in [2.45, 2.75) is 31.2 Å². The molecule has 2 unspecified atom stereocenters. The lowest BCUT2D eigenvalue weighted by molar-refractivity contribution is -0.142. The Balaban J connectivity index is 1.61. The van der Waals surface area contributed by atoms with Gasteiger partial charge in [-0.3, -0.25) is 4.98 Å². The SMILES string of the molecule is NC(C(=O)O)(C(=C=O)C(CC=Cc1cccnc1)CCCCOc1ccccc1)c1ccccc1-c1ncco1. The van der Waals surface area contributed by atoms with E-state index >= 15 is 0 Å². The summed E-state index contributed by atoms with van der Waals surface area (Å²) in [6, 6.07) is 19.9. The van der Waals surface area contributed by atoms with Crippen molar-refractivity contribution < 1.29 is 23.8 Å². The highest BCUT2D eigenvalue weighted by Gasteiger charge is 2.46. The molecule has 3 N–H and O–H groups in total. The molecule has 0 fully saturated rings. The summed E-state index contributed by atoms with van der Waals surface area (Å²) in [6.07, 6.45) is 12.3. The largest absolute Gasteiger partial charge is 0.494 e. The summed E-state index contributed by atoms with van der Waals surface area (Å²) in [5.41, 5.74) is 5.98. The molecule has 2 aromatic heterocycles. The molecule has 0 aliphatic rings. The fraction of sp³-hybridized carbons (Fsp3) is 0.219. The van der Waals surface area contributed by atoms with Crippen LogP contribution in [0.25, 0.3) is 17.5 Å². The topological polar surface area (TPSA) is 129 Å². The van der Waals surface area contributed by atoms with Gasteiger partial charge in [-0.25, -0.2) is 14.6 Å². The standard InChI is InChI=1S/C32H31N3O5/c33-32(31(37)38,28-17-5-4-16-27(28)30-35-19-21-40-30)29(23-36)25(13-8-10-24-11-9-18-34-22-24)12-6-7-20-39-26-14-2-1-3-15-26/h1-5,8-11,14-19,21-22,25H,6-7,12-13,20,33H2,(H,37,38). The highest BCUT2D eigenvalue weighted by Crippen LogP contribution is 2.39. The van der Waals surface area contributed by atoms with Crippen molar-refractivity contribution in [1.82, 2.24) is 9.97 Å². The highest BCUT2D eigenvalue weighted by molar-refractivity contribution is 5.90. The number of hydrogen-bond donors (Lipinski definition) is 2. The van der Waals surface area contributed by atoms with Gasteiger partial charge in [0.05, 0.1) is 18.4 Å². The van der Waals surface area contributed by atoms with Gasteiger partial charge in [0.25, 0.3) is 0 Å². The Bertz CT molecular complexity index is 1450. The summed E-state index contributed by atoms with van der Waals surface area (Å²) in [5, 5.41) is 10.5. The summed E-state index contributed by atoms with van der Waals surface area (Å²) in [4.78, 5) is 33.7. The zero-order chi connectivity index (χ0) is 28.2. The number of para-hydroxylation sites is 1. The van der Waals surface area contributed by atoms with E-state index in [4.69, 9.17) is 14.9 Å². The number of carbonyl (C=O) groups excluding carboxylic acids is 1.